The molecule has 7 nitrogen and oxygen atoms in total. The van der Waals surface area contributed by atoms with Crippen LogP contribution in [0.3, 0.4) is 0 Å². The average molecular weight is 354 g/mol. The van der Waals surface area contributed by atoms with Crippen molar-refractivity contribution in [2.75, 3.05) is 56.6 Å². The normalized spacial score (nSPS) is 14.6. The molecular formula is C19H26N6O. The van der Waals surface area contributed by atoms with Crippen molar-refractivity contribution in [3.8, 4) is 0 Å². The van der Waals surface area contributed by atoms with E-state index in [1.54, 1.807) is 0 Å². The van der Waals surface area contributed by atoms with Crippen LogP contribution in [-0.4, -0.2) is 67.6 Å². The number of hydrogen-bond donors (Lipinski definition) is 1. The van der Waals surface area contributed by atoms with Crippen LogP contribution in [0.1, 0.15) is 5.56 Å². The summed E-state index contributed by atoms with van der Waals surface area (Å²) < 4.78 is 0. The van der Waals surface area contributed by atoms with Crippen LogP contribution in [0.25, 0.3) is 0 Å². The van der Waals surface area contributed by atoms with Crippen LogP contribution in [-0.2, 0) is 11.3 Å². The van der Waals surface area contributed by atoms with E-state index in [1.807, 2.05) is 61.7 Å². The van der Waals surface area contributed by atoms with Gasteiger partial charge < -0.3 is 20.0 Å². The number of anilines is 2. The van der Waals surface area contributed by atoms with Gasteiger partial charge in [0.2, 0.25) is 5.91 Å². The molecule has 138 valence electrons. The standard InChI is InChI=1S/C19H26N6O/c1-23(2)15-18(26)22-14-16-6-5-9-21-19(16)25-12-10-24(11-13-25)17-7-3-4-8-20-17/h3-9H,10-15H2,1-2H3,(H,22,26). The summed E-state index contributed by atoms with van der Waals surface area (Å²) in [5, 5.41) is 2.98. The Morgan fingerprint density at radius 3 is 2.46 bits per heavy atom. The van der Waals surface area contributed by atoms with E-state index in [-0.39, 0.29) is 5.91 Å². The van der Waals surface area contributed by atoms with Crippen molar-refractivity contribution in [2.45, 2.75) is 6.54 Å². The number of nitrogens with one attached hydrogen (secondary N) is 1. The smallest absolute Gasteiger partial charge is 0.234 e. The van der Waals surface area contributed by atoms with E-state index in [0.717, 1.165) is 43.4 Å². The number of carbonyl (C=O) groups excluding carboxylic acids is 1. The van der Waals surface area contributed by atoms with Crippen molar-refractivity contribution in [3.63, 3.8) is 0 Å². The third kappa shape index (κ3) is 4.70. The third-order valence-electron chi connectivity index (χ3n) is 4.36. The molecule has 0 atom stereocenters. The van der Waals surface area contributed by atoms with Gasteiger partial charge in [-0.1, -0.05) is 12.1 Å². The first-order valence-electron chi connectivity index (χ1n) is 8.90. The number of piperazine rings is 1. The molecule has 1 saturated heterocycles. The zero-order chi connectivity index (χ0) is 18.4. The first-order valence-corrected chi connectivity index (χ1v) is 8.90. The van der Waals surface area contributed by atoms with Crippen LogP contribution in [0.2, 0.25) is 0 Å². The molecule has 1 N–H and O–H groups in total. The number of aromatic nitrogens is 2. The summed E-state index contributed by atoms with van der Waals surface area (Å²) in [5.74, 6) is 1.99. The molecule has 2 aromatic rings. The number of nitrogens with zero attached hydrogens (tertiary/aromatic N) is 5. The van der Waals surface area contributed by atoms with Gasteiger partial charge >= 0.3 is 0 Å². The monoisotopic (exact) mass is 354 g/mol. The minimum atomic E-state index is 0.0183. The van der Waals surface area contributed by atoms with Gasteiger partial charge in [-0.05, 0) is 32.3 Å². The van der Waals surface area contributed by atoms with Gasteiger partial charge in [0.1, 0.15) is 11.6 Å². The third-order valence-corrected chi connectivity index (χ3v) is 4.36. The molecule has 0 aliphatic carbocycles. The van der Waals surface area contributed by atoms with E-state index in [0.29, 0.717) is 13.1 Å². The van der Waals surface area contributed by atoms with Gasteiger partial charge in [-0.25, -0.2) is 9.97 Å². The van der Waals surface area contributed by atoms with Crippen LogP contribution in [0.5, 0.6) is 0 Å². The van der Waals surface area contributed by atoms with Crippen LogP contribution in [0.15, 0.2) is 42.7 Å². The van der Waals surface area contributed by atoms with Crippen LogP contribution >= 0.6 is 0 Å². The summed E-state index contributed by atoms with van der Waals surface area (Å²) in [6, 6.07) is 9.94. The predicted molar refractivity (Wildman–Crippen MR) is 103 cm³/mol. The molecule has 3 rings (SSSR count). The molecule has 0 unspecified atom stereocenters. The van der Waals surface area contributed by atoms with Gasteiger partial charge in [0.15, 0.2) is 0 Å². The number of pyridine rings is 2. The summed E-state index contributed by atoms with van der Waals surface area (Å²) >= 11 is 0. The van der Waals surface area contributed by atoms with Gasteiger partial charge in [-0.3, -0.25) is 4.79 Å². The van der Waals surface area contributed by atoms with E-state index >= 15 is 0 Å². The van der Waals surface area contributed by atoms with E-state index in [9.17, 15) is 4.79 Å². The highest BCUT2D eigenvalue weighted by atomic mass is 16.2. The lowest BCUT2D eigenvalue weighted by molar-refractivity contribution is -0.121. The summed E-state index contributed by atoms with van der Waals surface area (Å²) in [6.07, 6.45) is 3.64. The molecule has 26 heavy (non-hydrogen) atoms. The Bertz CT molecular complexity index is 713. The number of hydrogen-bond acceptors (Lipinski definition) is 6. The Kier molecular flexibility index (Phi) is 6.01. The molecule has 2 aromatic heterocycles. The second kappa shape index (κ2) is 8.62. The van der Waals surface area contributed by atoms with Crippen molar-refractivity contribution in [1.29, 1.82) is 0 Å². The zero-order valence-electron chi connectivity index (χ0n) is 15.4. The largest absolute Gasteiger partial charge is 0.353 e. The molecule has 1 aliphatic heterocycles. The maximum Gasteiger partial charge on any atom is 0.234 e. The molecule has 0 saturated carbocycles. The number of amides is 1. The van der Waals surface area contributed by atoms with E-state index in [2.05, 4.69) is 25.1 Å². The fourth-order valence-corrected chi connectivity index (χ4v) is 3.08. The van der Waals surface area contributed by atoms with E-state index < -0.39 is 0 Å². The topological polar surface area (TPSA) is 64.6 Å². The van der Waals surface area contributed by atoms with Crippen LogP contribution < -0.4 is 15.1 Å². The van der Waals surface area contributed by atoms with Crippen molar-refractivity contribution in [2.24, 2.45) is 0 Å². The van der Waals surface area contributed by atoms with Crippen molar-refractivity contribution >= 4 is 17.5 Å². The second-order valence-electron chi connectivity index (χ2n) is 6.66. The van der Waals surface area contributed by atoms with Gasteiger partial charge in [-0.15, -0.1) is 0 Å². The SMILES string of the molecule is CN(C)CC(=O)NCc1cccnc1N1CCN(c2ccccn2)CC1. The first kappa shape index (κ1) is 18.1. The van der Waals surface area contributed by atoms with Gasteiger partial charge in [-0.2, -0.15) is 0 Å². The summed E-state index contributed by atoms with van der Waals surface area (Å²) in [4.78, 5) is 27.3. The molecule has 3 heterocycles. The molecule has 1 aliphatic rings. The fourth-order valence-electron chi connectivity index (χ4n) is 3.08. The van der Waals surface area contributed by atoms with E-state index in [4.69, 9.17) is 0 Å². The maximum atomic E-state index is 11.9. The highest BCUT2D eigenvalue weighted by Crippen LogP contribution is 2.20. The number of rotatable bonds is 6. The molecule has 1 amide bonds. The summed E-state index contributed by atoms with van der Waals surface area (Å²) in [6.45, 7) is 4.45. The van der Waals surface area contributed by atoms with Crippen molar-refractivity contribution in [3.05, 3.63) is 48.3 Å². The number of carbonyl (C=O) groups is 1. The maximum absolute atomic E-state index is 11.9. The van der Waals surface area contributed by atoms with Crippen LogP contribution in [0.4, 0.5) is 11.6 Å². The van der Waals surface area contributed by atoms with Crippen molar-refractivity contribution in [1.82, 2.24) is 20.2 Å². The quantitative estimate of drug-likeness (QED) is 0.834. The summed E-state index contributed by atoms with van der Waals surface area (Å²) in [7, 11) is 3.77. The minimum Gasteiger partial charge on any atom is -0.353 e. The molecule has 0 spiro atoms. The Balaban J connectivity index is 1.61. The Hall–Kier alpha value is -2.67. The zero-order valence-corrected chi connectivity index (χ0v) is 15.4. The summed E-state index contributed by atoms with van der Waals surface area (Å²) in [5.41, 5.74) is 1.05. The lowest BCUT2D eigenvalue weighted by atomic mass is 10.2. The highest BCUT2D eigenvalue weighted by molar-refractivity contribution is 5.78. The highest BCUT2D eigenvalue weighted by Gasteiger charge is 2.21. The Morgan fingerprint density at radius 1 is 1.04 bits per heavy atom. The molecule has 0 aromatic carbocycles. The first-order chi connectivity index (χ1) is 12.6. The molecular weight excluding hydrogens is 328 g/mol. The van der Waals surface area contributed by atoms with Crippen molar-refractivity contribution < 1.29 is 4.79 Å². The molecule has 0 bridgehead atoms. The van der Waals surface area contributed by atoms with Crippen LogP contribution in [0, 0.1) is 0 Å². The number of likely N-dealkylation sites (N-methyl/N-ethyl adjacent to an activating group) is 1. The Labute approximate surface area is 154 Å². The average Bonchev–Trinajstić information content (AvgIpc) is 2.67. The lowest BCUT2D eigenvalue weighted by Gasteiger charge is -2.36. The second-order valence-corrected chi connectivity index (χ2v) is 6.66. The molecule has 0 radical (unpaired) electrons. The fraction of sp³-hybridized carbons (Fsp3) is 0.421. The van der Waals surface area contributed by atoms with E-state index in [1.165, 1.54) is 0 Å². The minimum absolute atomic E-state index is 0.0183. The molecule has 7 heteroatoms. The Morgan fingerprint density at radius 2 is 1.77 bits per heavy atom. The van der Waals surface area contributed by atoms with Gasteiger partial charge in [0.25, 0.3) is 0 Å². The lowest BCUT2D eigenvalue weighted by Crippen LogP contribution is -2.47. The predicted octanol–water partition coefficient (Wildman–Crippen LogP) is 0.981. The molecule has 1 fully saturated rings. The van der Waals surface area contributed by atoms with Gasteiger partial charge in [0.05, 0.1) is 6.54 Å². The van der Waals surface area contributed by atoms with Gasteiger partial charge in [0, 0.05) is 50.7 Å².